The van der Waals surface area contributed by atoms with E-state index in [0.717, 1.165) is 6.26 Å². The number of rotatable bonds is 7. The van der Waals surface area contributed by atoms with Gasteiger partial charge in [0.1, 0.15) is 18.0 Å². The molecule has 0 aromatic heterocycles. The van der Waals surface area contributed by atoms with Crippen LogP contribution in [0.2, 0.25) is 0 Å². The first-order chi connectivity index (χ1) is 12.3. The van der Waals surface area contributed by atoms with Gasteiger partial charge < -0.3 is 14.4 Å². The Morgan fingerprint density at radius 3 is 2.37 bits per heavy atom. The zero-order chi connectivity index (χ0) is 20.8. The minimum atomic E-state index is -3.44. The second kappa shape index (κ2) is 9.11. The number of amides is 1. The molecule has 0 aliphatic rings. The molecule has 1 rings (SSSR count). The summed E-state index contributed by atoms with van der Waals surface area (Å²) < 4.78 is 35.0. The Kier molecular flexibility index (Phi) is 7.69. The summed E-state index contributed by atoms with van der Waals surface area (Å²) in [4.78, 5) is 15.9. The zero-order valence-electron chi connectivity index (χ0n) is 16.8. The van der Waals surface area contributed by atoms with Crippen LogP contribution in [0.3, 0.4) is 0 Å². The standard InChI is InChI=1S/C19H28N2O5S/c1-8-11-21(18(22)26-19(2,3)4)16-10-9-15(27(7,23)24)14-17(16)25-13-12-20(5)6/h1,9-10,14H,11-13H2,2-7H3. The quantitative estimate of drug-likeness (QED) is 0.659. The van der Waals surface area contributed by atoms with Crippen molar-refractivity contribution in [1.82, 2.24) is 4.90 Å². The van der Waals surface area contributed by atoms with Crippen molar-refractivity contribution in [2.75, 3.05) is 44.9 Å². The number of carbonyl (C=O) groups excluding carboxylic acids is 1. The van der Waals surface area contributed by atoms with E-state index in [2.05, 4.69) is 5.92 Å². The van der Waals surface area contributed by atoms with E-state index >= 15 is 0 Å². The number of nitrogens with zero attached hydrogens (tertiary/aromatic N) is 2. The summed E-state index contributed by atoms with van der Waals surface area (Å²) in [6.45, 7) is 6.13. The van der Waals surface area contributed by atoms with E-state index in [4.69, 9.17) is 15.9 Å². The van der Waals surface area contributed by atoms with Gasteiger partial charge in [-0.05, 0) is 47.0 Å². The lowest BCUT2D eigenvalue weighted by Crippen LogP contribution is -2.37. The van der Waals surface area contributed by atoms with Crippen LogP contribution in [0.5, 0.6) is 5.75 Å². The van der Waals surface area contributed by atoms with E-state index in [1.54, 1.807) is 20.8 Å². The summed E-state index contributed by atoms with van der Waals surface area (Å²) >= 11 is 0. The van der Waals surface area contributed by atoms with Gasteiger partial charge >= 0.3 is 6.09 Å². The minimum absolute atomic E-state index is 0.0445. The zero-order valence-corrected chi connectivity index (χ0v) is 17.6. The molecule has 1 amide bonds. The molecule has 0 bridgehead atoms. The molecule has 0 aliphatic carbocycles. The molecule has 0 spiro atoms. The van der Waals surface area contributed by atoms with Gasteiger partial charge in [-0.2, -0.15) is 0 Å². The number of likely N-dealkylation sites (N-methyl/N-ethyl adjacent to an activating group) is 1. The van der Waals surface area contributed by atoms with Crippen LogP contribution in [0.4, 0.5) is 10.5 Å². The molecule has 0 saturated heterocycles. The van der Waals surface area contributed by atoms with Gasteiger partial charge in [-0.25, -0.2) is 13.2 Å². The summed E-state index contributed by atoms with van der Waals surface area (Å²) in [7, 11) is 0.347. The number of sulfone groups is 1. The molecule has 1 aromatic carbocycles. The third-order valence-corrected chi connectivity index (χ3v) is 4.42. The number of anilines is 1. The van der Waals surface area contributed by atoms with Crippen LogP contribution in [0, 0.1) is 12.3 Å². The van der Waals surface area contributed by atoms with E-state index < -0.39 is 21.5 Å². The number of benzene rings is 1. The maximum atomic E-state index is 12.6. The van der Waals surface area contributed by atoms with Crippen molar-refractivity contribution in [3.63, 3.8) is 0 Å². The Morgan fingerprint density at radius 2 is 1.89 bits per heavy atom. The Morgan fingerprint density at radius 1 is 1.26 bits per heavy atom. The maximum Gasteiger partial charge on any atom is 0.415 e. The average Bonchev–Trinajstić information content (AvgIpc) is 2.49. The van der Waals surface area contributed by atoms with Crippen LogP contribution < -0.4 is 9.64 Å². The Balaban J connectivity index is 3.34. The smallest absolute Gasteiger partial charge is 0.415 e. The fourth-order valence-corrected chi connectivity index (χ4v) is 2.69. The predicted octanol–water partition coefficient (Wildman–Crippen LogP) is 2.41. The van der Waals surface area contributed by atoms with Gasteiger partial charge in [0.15, 0.2) is 9.84 Å². The largest absolute Gasteiger partial charge is 0.490 e. The van der Waals surface area contributed by atoms with Gasteiger partial charge in [0.2, 0.25) is 0 Å². The van der Waals surface area contributed by atoms with Crippen molar-refractivity contribution in [1.29, 1.82) is 0 Å². The molecule has 0 unspecified atom stereocenters. The maximum absolute atomic E-state index is 12.6. The van der Waals surface area contributed by atoms with E-state index in [1.165, 1.54) is 23.1 Å². The molecule has 150 valence electrons. The molecule has 0 atom stereocenters. The van der Waals surface area contributed by atoms with E-state index in [0.29, 0.717) is 18.8 Å². The van der Waals surface area contributed by atoms with Crippen LogP contribution >= 0.6 is 0 Å². The van der Waals surface area contributed by atoms with Crippen LogP contribution in [0.15, 0.2) is 23.1 Å². The topological polar surface area (TPSA) is 76.1 Å². The van der Waals surface area contributed by atoms with Crippen molar-refractivity contribution < 1.29 is 22.7 Å². The Bertz CT molecular complexity index is 804. The van der Waals surface area contributed by atoms with Crippen LogP contribution in [0.1, 0.15) is 20.8 Å². The fraction of sp³-hybridized carbons (Fsp3) is 0.526. The highest BCUT2D eigenvalue weighted by Gasteiger charge is 2.26. The average molecular weight is 397 g/mol. The molecule has 0 N–H and O–H groups in total. The normalized spacial score (nSPS) is 11.8. The molecule has 27 heavy (non-hydrogen) atoms. The SMILES string of the molecule is C#CCN(C(=O)OC(C)(C)C)c1ccc(S(C)(=O)=O)cc1OCCN(C)C. The lowest BCUT2D eigenvalue weighted by Gasteiger charge is -2.27. The lowest BCUT2D eigenvalue weighted by atomic mass is 10.2. The fourth-order valence-electron chi connectivity index (χ4n) is 2.06. The monoisotopic (exact) mass is 396 g/mol. The lowest BCUT2D eigenvalue weighted by molar-refractivity contribution is 0.0584. The molecule has 0 saturated carbocycles. The minimum Gasteiger partial charge on any atom is -0.490 e. The third-order valence-electron chi connectivity index (χ3n) is 3.31. The molecular weight excluding hydrogens is 368 g/mol. The predicted molar refractivity (Wildman–Crippen MR) is 106 cm³/mol. The van der Waals surface area contributed by atoms with Crippen molar-refractivity contribution in [2.45, 2.75) is 31.3 Å². The number of terminal acetylenes is 1. The highest BCUT2D eigenvalue weighted by atomic mass is 32.2. The highest BCUT2D eigenvalue weighted by molar-refractivity contribution is 7.90. The van der Waals surface area contributed by atoms with Gasteiger partial charge in [0, 0.05) is 18.9 Å². The summed E-state index contributed by atoms with van der Waals surface area (Å²) in [5, 5.41) is 0. The first-order valence-corrected chi connectivity index (χ1v) is 10.3. The summed E-state index contributed by atoms with van der Waals surface area (Å²) in [5.74, 6) is 2.67. The Labute approximate surface area is 162 Å². The van der Waals surface area contributed by atoms with E-state index in [9.17, 15) is 13.2 Å². The van der Waals surface area contributed by atoms with Crippen LogP contribution in [0.25, 0.3) is 0 Å². The summed E-state index contributed by atoms with van der Waals surface area (Å²) in [6.07, 6.45) is 5.89. The number of ether oxygens (including phenoxy) is 2. The second-order valence-electron chi connectivity index (χ2n) is 7.32. The molecular formula is C19H28N2O5S. The number of carbonyl (C=O) groups is 1. The molecule has 0 heterocycles. The summed E-state index contributed by atoms with van der Waals surface area (Å²) in [5.41, 5.74) is -0.351. The van der Waals surface area contributed by atoms with Crippen molar-refractivity contribution in [3.8, 4) is 18.1 Å². The van der Waals surface area contributed by atoms with Crippen molar-refractivity contribution >= 4 is 21.6 Å². The van der Waals surface area contributed by atoms with Gasteiger partial charge in [-0.1, -0.05) is 5.92 Å². The summed E-state index contributed by atoms with van der Waals surface area (Å²) in [6, 6.07) is 4.31. The first-order valence-electron chi connectivity index (χ1n) is 8.41. The second-order valence-corrected chi connectivity index (χ2v) is 9.34. The number of hydrogen-bond donors (Lipinski definition) is 0. The van der Waals surface area contributed by atoms with Gasteiger partial charge in [-0.15, -0.1) is 6.42 Å². The van der Waals surface area contributed by atoms with Gasteiger partial charge in [-0.3, -0.25) is 4.90 Å². The molecule has 0 aliphatic heterocycles. The van der Waals surface area contributed by atoms with Crippen LogP contribution in [-0.4, -0.2) is 65.1 Å². The molecule has 8 heteroatoms. The molecule has 0 radical (unpaired) electrons. The van der Waals surface area contributed by atoms with Crippen LogP contribution in [-0.2, 0) is 14.6 Å². The molecule has 1 aromatic rings. The van der Waals surface area contributed by atoms with Crippen molar-refractivity contribution in [2.24, 2.45) is 0 Å². The molecule has 0 fully saturated rings. The van der Waals surface area contributed by atoms with Gasteiger partial charge in [0.25, 0.3) is 0 Å². The highest BCUT2D eigenvalue weighted by Crippen LogP contribution is 2.32. The van der Waals surface area contributed by atoms with Crippen molar-refractivity contribution in [3.05, 3.63) is 18.2 Å². The van der Waals surface area contributed by atoms with E-state index in [1.807, 2.05) is 19.0 Å². The first kappa shape index (κ1) is 22.8. The third kappa shape index (κ3) is 7.49. The Hall–Kier alpha value is -2.24. The molecule has 7 nitrogen and oxygen atoms in total. The van der Waals surface area contributed by atoms with E-state index in [-0.39, 0.29) is 17.2 Å². The van der Waals surface area contributed by atoms with Gasteiger partial charge in [0.05, 0.1) is 17.1 Å². The number of hydrogen-bond acceptors (Lipinski definition) is 6.